The van der Waals surface area contributed by atoms with E-state index in [1.807, 2.05) is 0 Å². The molecule has 0 aliphatic rings. The van der Waals surface area contributed by atoms with Crippen molar-refractivity contribution in [3.63, 3.8) is 0 Å². The molecule has 0 heterocycles. The van der Waals surface area contributed by atoms with Crippen LogP contribution in [0.1, 0.15) is 269 Å². The van der Waals surface area contributed by atoms with Crippen LogP contribution in [0, 0.1) is 37.5 Å². The van der Waals surface area contributed by atoms with E-state index in [2.05, 4.69) is 101 Å². The van der Waals surface area contributed by atoms with Crippen LogP contribution in [-0.2, 0) is 6.42 Å². The lowest BCUT2D eigenvalue weighted by Gasteiger charge is -2.05. The van der Waals surface area contributed by atoms with Gasteiger partial charge in [0.25, 0.3) is 0 Å². The van der Waals surface area contributed by atoms with E-state index in [9.17, 15) is 0 Å². The highest BCUT2D eigenvalue weighted by Crippen LogP contribution is 2.21. The van der Waals surface area contributed by atoms with Gasteiger partial charge in [0.2, 0.25) is 0 Å². The Bertz CT molecular complexity index is 1540. The van der Waals surface area contributed by atoms with Crippen LogP contribution >= 0.6 is 0 Å². The van der Waals surface area contributed by atoms with Gasteiger partial charge in [-0.15, -0.1) is 0 Å². The number of rotatable bonds is 38. The maximum atomic E-state index is 5.10. The first kappa shape index (κ1) is 55.0. The van der Waals surface area contributed by atoms with Crippen LogP contribution < -0.4 is 0 Å². The van der Waals surface area contributed by atoms with E-state index >= 15 is 0 Å². The third-order valence-corrected chi connectivity index (χ3v) is 12.6. The van der Waals surface area contributed by atoms with Crippen molar-refractivity contribution in [1.29, 1.82) is 0 Å². The minimum Gasteiger partial charge on any atom is -0.237 e. The molecule has 346 valence electrons. The predicted molar refractivity (Wildman–Crippen MR) is 279 cm³/mol. The molecule has 62 heavy (non-hydrogen) atoms. The van der Waals surface area contributed by atoms with E-state index in [-0.39, 0.29) is 0 Å². The third-order valence-electron chi connectivity index (χ3n) is 12.6. The van der Waals surface area contributed by atoms with Gasteiger partial charge in [-0.1, -0.05) is 250 Å². The minimum absolute atomic E-state index is 0.673. The van der Waals surface area contributed by atoms with Gasteiger partial charge in [-0.25, -0.2) is 9.98 Å². The largest absolute Gasteiger partial charge is 0.237 e. The standard InChI is InChI=1S/C60H96N2/c1-6-9-12-14-16-18-19-20-21-22-23-24-25-26-27-28-29-30-31-32-33-34-35-36-38-40-43-46-59(60(45-41-11-8-3)62-58-50-47-54(4)55(5)53-58)61-57-51-48-56(49-52-57)44-42-39-37-17-15-13-10-7-2/h47-53H,6-40,42,44H2,1-5H3. The Kier molecular flexibility index (Phi) is 36.1. The summed E-state index contributed by atoms with van der Waals surface area (Å²) in [5.74, 6) is 13.7. The molecule has 0 unspecified atom stereocenters. The SMILES string of the molecule is CCCC#CC(=Nc1ccc(C)c(C)c1)C(C#CCCCCCCCCCCCCCCCCCCCCCCCCCCC)=Nc1ccc(CCCCCCCCCC)cc1. The first-order valence-corrected chi connectivity index (χ1v) is 26.9. The predicted octanol–water partition coefficient (Wildman–Crippen LogP) is 19.8. The van der Waals surface area contributed by atoms with Crippen molar-refractivity contribution in [1.82, 2.24) is 0 Å². The number of aliphatic imine (C=N–C) groups is 2. The Morgan fingerprint density at radius 2 is 0.710 bits per heavy atom. The number of hydrogen-bond acceptors (Lipinski definition) is 2. The van der Waals surface area contributed by atoms with E-state index in [1.165, 1.54) is 222 Å². The number of benzene rings is 2. The highest BCUT2D eigenvalue weighted by molar-refractivity contribution is 6.55. The van der Waals surface area contributed by atoms with Crippen molar-refractivity contribution in [3.05, 3.63) is 59.2 Å². The van der Waals surface area contributed by atoms with Gasteiger partial charge in [-0.3, -0.25) is 0 Å². The quantitative estimate of drug-likeness (QED) is 0.0365. The van der Waals surface area contributed by atoms with Gasteiger partial charge < -0.3 is 0 Å². The first-order valence-electron chi connectivity index (χ1n) is 26.9. The maximum Gasteiger partial charge on any atom is 0.148 e. The van der Waals surface area contributed by atoms with Crippen LogP contribution in [0.4, 0.5) is 11.4 Å². The Balaban J connectivity index is 1.72. The van der Waals surface area contributed by atoms with Gasteiger partial charge in [-0.2, -0.15) is 0 Å². The lowest BCUT2D eigenvalue weighted by molar-refractivity contribution is 0.516. The summed E-state index contributed by atoms with van der Waals surface area (Å²) < 4.78 is 0. The second kappa shape index (κ2) is 40.7. The molecule has 2 nitrogen and oxygen atoms in total. The van der Waals surface area contributed by atoms with Gasteiger partial charge in [0, 0.05) is 12.8 Å². The van der Waals surface area contributed by atoms with E-state index in [0.717, 1.165) is 43.5 Å². The zero-order valence-corrected chi connectivity index (χ0v) is 41.6. The fourth-order valence-electron chi connectivity index (χ4n) is 8.30. The molecule has 0 spiro atoms. The zero-order valence-electron chi connectivity index (χ0n) is 41.6. The summed E-state index contributed by atoms with van der Waals surface area (Å²) in [5, 5.41) is 0. The zero-order chi connectivity index (χ0) is 44.4. The molecule has 0 aliphatic carbocycles. The minimum atomic E-state index is 0.673. The molecule has 0 saturated carbocycles. The van der Waals surface area contributed by atoms with Crippen LogP contribution in [0.3, 0.4) is 0 Å². The summed E-state index contributed by atoms with van der Waals surface area (Å²) in [6, 6.07) is 15.2. The van der Waals surface area contributed by atoms with Crippen LogP contribution in [0.5, 0.6) is 0 Å². The van der Waals surface area contributed by atoms with Crippen molar-refractivity contribution in [2.45, 2.75) is 272 Å². The Morgan fingerprint density at radius 1 is 0.355 bits per heavy atom. The van der Waals surface area contributed by atoms with Gasteiger partial charge >= 0.3 is 0 Å². The molecule has 2 aromatic rings. The molecule has 0 aliphatic heterocycles. The molecule has 0 aromatic heterocycles. The fourth-order valence-corrected chi connectivity index (χ4v) is 8.30. The second-order valence-electron chi connectivity index (χ2n) is 18.7. The van der Waals surface area contributed by atoms with Crippen molar-refractivity contribution in [2.24, 2.45) is 9.98 Å². The average Bonchev–Trinajstić information content (AvgIpc) is 3.28. The highest BCUT2D eigenvalue weighted by Gasteiger charge is 2.08. The summed E-state index contributed by atoms with van der Waals surface area (Å²) in [6.45, 7) is 11.0. The van der Waals surface area contributed by atoms with E-state index in [1.54, 1.807) is 0 Å². The molecule has 2 rings (SSSR count). The monoisotopic (exact) mass is 845 g/mol. The van der Waals surface area contributed by atoms with E-state index < -0.39 is 0 Å². The van der Waals surface area contributed by atoms with Gasteiger partial charge in [0.15, 0.2) is 0 Å². The Labute approximate surface area is 386 Å². The van der Waals surface area contributed by atoms with Crippen LogP contribution in [-0.4, -0.2) is 11.4 Å². The Morgan fingerprint density at radius 3 is 1.11 bits per heavy atom. The summed E-state index contributed by atoms with van der Waals surface area (Å²) in [4.78, 5) is 10.2. The summed E-state index contributed by atoms with van der Waals surface area (Å²) in [6.07, 6.45) is 50.1. The van der Waals surface area contributed by atoms with Crippen molar-refractivity contribution < 1.29 is 0 Å². The lowest BCUT2D eigenvalue weighted by Crippen LogP contribution is -2.10. The molecule has 0 N–H and O–H groups in total. The fraction of sp³-hybridized carbons (Fsp3) is 0.700. The number of hydrogen-bond donors (Lipinski definition) is 0. The maximum absolute atomic E-state index is 5.10. The molecule has 0 atom stereocenters. The van der Waals surface area contributed by atoms with Crippen molar-refractivity contribution in [2.75, 3.05) is 0 Å². The van der Waals surface area contributed by atoms with Gasteiger partial charge in [0.1, 0.15) is 11.4 Å². The molecular weight excluding hydrogens is 749 g/mol. The topological polar surface area (TPSA) is 24.7 Å². The Hall–Kier alpha value is -3.10. The number of unbranched alkanes of at least 4 members (excludes halogenated alkanes) is 33. The number of nitrogens with zero attached hydrogens (tertiary/aromatic N) is 2. The van der Waals surface area contributed by atoms with Crippen LogP contribution in [0.15, 0.2) is 52.4 Å². The van der Waals surface area contributed by atoms with Gasteiger partial charge in [-0.05, 0) is 92.3 Å². The summed E-state index contributed by atoms with van der Waals surface area (Å²) in [5.41, 5.74) is 7.07. The van der Waals surface area contributed by atoms with Gasteiger partial charge in [0.05, 0.1) is 11.4 Å². The number of aryl methyl sites for hydroxylation is 3. The van der Waals surface area contributed by atoms with Crippen LogP contribution in [0.25, 0.3) is 0 Å². The molecule has 0 amide bonds. The average molecular weight is 845 g/mol. The molecule has 2 aromatic carbocycles. The first-order chi connectivity index (χ1) is 30.6. The van der Waals surface area contributed by atoms with Crippen molar-refractivity contribution in [3.8, 4) is 23.7 Å². The molecule has 0 bridgehead atoms. The summed E-state index contributed by atoms with van der Waals surface area (Å²) in [7, 11) is 0. The third kappa shape index (κ3) is 30.9. The van der Waals surface area contributed by atoms with E-state index in [0.29, 0.717) is 11.4 Å². The molecular formula is C60H96N2. The van der Waals surface area contributed by atoms with Crippen LogP contribution in [0.2, 0.25) is 0 Å². The van der Waals surface area contributed by atoms with E-state index in [4.69, 9.17) is 9.98 Å². The molecule has 0 saturated heterocycles. The lowest BCUT2D eigenvalue weighted by atomic mass is 10.0. The summed E-state index contributed by atoms with van der Waals surface area (Å²) >= 11 is 0. The molecule has 2 heteroatoms. The van der Waals surface area contributed by atoms with Crippen molar-refractivity contribution >= 4 is 22.8 Å². The molecule has 0 fully saturated rings. The molecule has 0 radical (unpaired) electrons. The normalized spacial score (nSPS) is 11.7. The second-order valence-corrected chi connectivity index (χ2v) is 18.7. The smallest absolute Gasteiger partial charge is 0.148 e. The highest BCUT2D eigenvalue weighted by atomic mass is 14.8.